The van der Waals surface area contributed by atoms with E-state index in [0.717, 1.165) is 42.1 Å². The Hall–Kier alpha value is -2.79. The van der Waals surface area contributed by atoms with Crippen LogP contribution in [0.1, 0.15) is 24.0 Å². The summed E-state index contributed by atoms with van der Waals surface area (Å²) in [7, 11) is 3.27. The summed E-state index contributed by atoms with van der Waals surface area (Å²) in [5.41, 5.74) is 1.90. The van der Waals surface area contributed by atoms with Crippen LogP contribution in [0.25, 0.3) is 6.08 Å². The topological polar surface area (TPSA) is 48.0 Å². The molecule has 28 heavy (non-hydrogen) atoms. The van der Waals surface area contributed by atoms with Crippen LogP contribution in [0.3, 0.4) is 0 Å². The van der Waals surface area contributed by atoms with E-state index < -0.39 is 0 Å². The molecule has 5 nitrogen and oxygen atoms in total. The van der Waals surface area contributed by atoms with E-state index in [4.69, 9.17) is 14.2 Å². The van der Waals surface area contributed by atoms with Gasteiger partial charge >= 0.3 is 0 Å². The molecule has 5 heteroatoms. The molecule has 1 heterocycles. The molecule has 2 aromatic carbocycles. The summed E-state index contributed by atoms with van der Waals surface area (Å²) in [6.45, 7) is 1.85. The van der Waals surface area contributed by atoms with Gasteiger partial charge in [0.2, 0.25) is 5.91 Å². The minimum atomic E-state index is -0.0516. The van der Waals surface area contributed by atoms with Crippen molar-refractivity contribution in [2.75, 3.05) is 27.4 Å². The third-order valence-electron chi connectivity index (χ3n) is 4.81. The monoisotopic (exact) mass is 381 g/mol. The molecule has 1 atom stereocenters. The molecule has 2 aromatic rings. The Labute approximate surface area is 166 Å². The first kappa shape index (κ1) is 20.0. The Morgan fingerprint density at radius 3 is 2.79 bits per heavy atom. The predicted molar refractivity (Wildman–Crippen MR) is 109 cm³/mol. The van der Waals surface area contributed by atoms with Gasteiger partial charge in [0.15, 0.2) is 0 Å². The Balaban J connectivity index is 1.76. The molecule has 1 saturated heterocycles. The van der Waals surface area contributed by atoms with Gasteiger partial charge in [-0.15, -0.1) is 0 Å². The number of ether oxygens (including phenoxy) is 3. The zero-order valence-corrected chi connectivity index (χ0v) is 16.5. The maximum atomic E-state index is 13.0. The zero-order chi connectivity index (χ0) is 19.8. The van der Waals surface area contributed by atoms with E-state index in [1.807, 2.05) is 53.4 Å². The van der Waals surface area contributed by atoms with E-state index in [9.17, 15) is 4.79 Å². The Bertz CT molecular complexity index is 812. The summed E-state index contributed by atoms with van der Waals surface area (Å²) < 4.78 is 16.4. The van der Waals surface area contributed by atoms with E-state index >= 15 is 0 Å². The average Bonchev–Trinajstić information content (AvgIpc) is 3.25. The molecule has 0 aromatic heterocycles. The van der Waals surface area contributed by atoms with E-state index in [0.29, 0.717) is 13.1 Å². The van der Waals surface area contributed by atoms with E-state index in [-0.39, 0.29) is 12.0 Å². The summed E-state index contributed by atoms with van der Waals surface area (Å²) in [6.07, 6.45) is 5.53. The molecule has 1 fully saturated rings. The van der Waals surface area contributed by atoms with Crippen molar-refractivity contribution >= 4 is 12.0 Å². The number of carbonyl (C=O) groups is 1. The lowest BCUT2D eigenvalue weighted by atomic mass is 10.1. The summed E-state index contributed by atoms with van der Waals surface area (Å²) in [4.78, 5) is 14.8. The third-order valence-corrected chi connectivity index (χ3v) is 4.81. The lowest BCUT2D eigenvalue weighted by Crippen LogP contribution is -2.35. The van der Waals surface area contributed by atoms with Gasteiger partial charge < -0.3 is 19.1 Å². The fourth-order valence-corrected chi connectivity index (χ4v) is 3.33. The standard InChI is InChI=1S/C23H27NO4/c1-26-20-9-5-7-18(15-20)16-24(17-21-10-6-14-28-21)23(25)13-12-19-8-3-4-11-22(19)27-2/h3-5,7-9,11-13,15,21H,6,10,14,16-17H2,1-2H3/b13-12+. The SMILES string of the molecule is COc1cccc(CN(CC2CCCO2)C(=O)/C=C/c2ccccc2OC)c1. The Morgan fingerprint density at radius 1 is 1.18 bits per heavy atom. The highest BCUT2D eigenvalue weighted by Crippen LogP contribution is 2.20. The molecule has 1 aliphatic rings. The second-order valence-electron chi connectivity index (χ2n) is 6.78. The van der Waals surface area contributed by atoms with Crippen LogP contribution in [0, 0.1) is 0 Å². The third kappa shape index (κ3) is 5.36. The van der Waals surface area contributed by atoms with Crippen molar-refractivity contribution in [1.82, 2.24) is 4.90 Å². The molecule has 1 amide bonds. The van der Waals surface area contributed by atoms with Gasteiger partial charge in [-0.05, 0) is 42.7 Å². The maximum Gasteiger partial charge on any atom is 0.246 e. The molecule has 1 unspecified atom stereocenters. The van der Waals surface area contributed by atoms with Crippen LogP contribution < -0.4 is 9.47 Å². The number of amides is 1. The van der Waals surface area contributed by atoms with Gasteiger partial charge in [-0.2, -0.15) is 0 Å². The second kappa shape index (κ2) is 9.95. The minimum Gasteiger partial charge on any atom is -0.497 e. The van der Waals surface area contributed by atoms with Crippen molar-refractivity contribution in [3.05, 3.63) is 65.7 Å². The van der Waals surface area contributed by atoms with Gasteiger partial charge in [-0.3, -0.25) is 4.79 Å². The van der Waals surface area contributed by atoms with Gasteiger partial charge in [0.05, 0.1) is 20.3 Å². The van der Waals surface area contributed by atoms with E-state index in [1.165, 1.54) is 0 Å². The number of hydrogen-bond donors (Lipinski definition) is 0. The van der Waals surface area contributed by atoms with Crippen molar-refractivity contribution in [1.29, 1.82) is 0 Å². The summed E-state index contributed by atoms with van der Waals surface area (Å²) in [5.74, 6) is 1.47. The van der Waals surface area contributed by atoms with Gasteiger partial charge in [0, 0.05) is 31.3 Å². The zero-order valence-electron chi connectivity index (χ0n) is 16.5. The lowest BCUT2D eigenvalue weighted by molar-refractivity contribution is -0.128. The molecule has 0 bridgehead atoms. The van der Waals surface area contributed by atoms with Crippen molar-refractivity contribution in [3.8, 4) is 11.5 Å². The number of rotatable bonds is 8. The number of carbonyl (C=O) groups excluding carboxylic acids is 1. The molecule has 0 N–H and O–H groups in total. The van der Waals surface area contributed by atoms with Gasteiger partial charge in [0.25, 0.3) is 0 Å². The highest BCUT2D eigenvalue weighted by atomic mass is 16.5. The second-order valence-corrected chi connectivity index (χ2v) is 6.78. The molecular weight excluding hydrogens is 354 g/mol. The summed E-state index contributed by atoms with van der Waals surface area (Å²) in [5, 5.41) is 0. The number of nitrogens with zero attached hydrogens (tertiary/aromatic N) is 1. The van der Waals surface area contributed by atoms with Crippen LogP contribution in [0.4, 0.5) is 0 Å². The van der Waals surface area contributed by atoms with Crippen molar-refractivity contribution in [2.45, 2.75) is 25.5 Å². The molecular formula is C23H27NO4. The average molecular weight is 381 g/mol. The number of benzene rings is 2. The molecule has 1 aliphatic heterocycles. The first-order valence-corrected chi connectivity index (χ1v) is 9.54. The predicted octanol–water partition coefficient (Wildman–Crippen LogP) is 3.92. The fraction of sp³-hybridized carbons (Fsp3) is 0.348. The van der Waals surface area contributed by atoms with Crippen molar-refractivity contribution in [2.24, 2.45) is 0 Å². The van der Waals surface area contributed by atoms with Gasteiger partial charge in [-0.25, -0.2) is 0 Å². The Kier molecular flexibility index (Phi) is 7.09. The van der Waals surface area contributed by atoms with Gasteiger partial charge in [-0.1, -0.05) is 30.3 Å². The largest absolute Gasteiger partial charge is 0.497 e. The summed E-state index contributed by atoms with van der Waals surface area (Å²) >= 11 is 0. The summed E-state index contributed by atoms with van der Waals surface area (Å²) in [6, 6.07) is 15.4. The van der Waals surface area contributed by atoms with Crippen LogP contribution >= 0.6 is 0 Å². The van der Waals surface area contributed by atoms with Crippen LogP contribution in [0.2, 0.25) is 0 Å². The van der Waals surface area contributed by atoms with Crippen LogP contribution in [0.15, 0.2) is 54.6 Å². The molecule has 0 saturated carbocycles. The van der Waals surface area contributed by atoms with E-state index in [1.54, 1.807) is 26.4 Å². The smallest absolute Gasteiger partial charge is 0.246 e. The van der Waals surface area contributed by atoms with Crippen molar-refractivity contribution < 1.29 is 19.0 Å². The quantitative estimate of drug-likeness (QED) is 0.650. The van der Waals surface area contributed by atoms with Gasteiger partial charge in [0.1, 0.15) is 11.5 Å². The number of para-hydroxylation sites is 1. The minimum absolute atomic E-state index is 0.0516. The van der Waals surface area contributed by atoms with Crippen LogP contribution in [0.5, 0.6) is 11.5 Å². The lowest BCUT2D eigenvalue weighted by Gasteiger charge is -2.24. The molecule has 0 aliphatic carbocycles. The number of methoxy groups -OCH3 is 2. The molecule has 0 spiro atoms. The molecule has 3 rings (SSSR count). The molecule has 0 radical (unpaired) electrons. The van der Waals surface area contributed by atoms with Crippen molar-refractivity contribution in [3.63, 3.8) is 0 Å². The molecule has 148 valence electrons. The highest BCUT2D eigenvalue weighted by Gasteiger charge is 2.22. The maximum absolute atomic E-state index is 13.0. The van der Waals surface area contributed by atoms with E-state index in [2.05, 4.69) is 0 Å². The first-order chi connectivity index (χ1) is 13.7. The first-order valence-electron chi connectivity index (χ1n) is 9.54. The Morgan fingerprint density at radius 2 is 2.04 bits per heavy atom. The normalized spacial score (nSPS) is 16.3. The highest BCUT2D eigenvalue weighted by molar-refractivity contribution is 5.92. The number of hydrogen-bond acceptors (Lipinski definition) is 4. The van der Waals surface area contributed by atoms with Crippen LogP contribution in [-0.4, -0.2) is 44.3 Å². The van der Waals surface area contributed by atoms with Crippen LogP contribution in [-0.2, 0) is 16.1 Å². The fourth-order valence-electron chi connectivity index (χ4n) is 3.33.